The Bertz CT molecular complexity index is 920. The highest BCUT2D eigenvalue weighted by Gasteiger charge is 2.24. The topological polar surface area (TPSA) is 28.1 Å². The molecule has 8 heteroatoms. The van der Waals surface area contributed by atoms with E-state index in [2.05, 4.69) is 4.99 Å². The Balaban J connectivity index is 1.74. The van der Waals surface area contributed by atoms with Crippen molar-refractivity contribution in [1.29, 1.82) is 0 Å². The zero-order valence-electron chi connectivity index (χ0n) is 15.6. The maximum absolute atomic E-state index is 14.5. The number of rotatable bonds is 4. The molecular formula is C20H19F4N3O. The zero-order valence-corrected chi connectivity index (χ0v) is 15.6. The SMILES string of the molecule is CC1N=C(OCc2ccc(F)cc2F)C=CN1c1c(F)cc(N(C)C)cc1F. The van der Waals surface area contributed by atoms with Crippen LogP contribution in [0.15, 0.2) is 47.6 Å². The van der Waals surface area contributed by atoms with Crippen molar-refractivity contribution >= 4 is 17.3 Å². The summed E-state index contributed by atoms with van der Waals surface area (Å²) in [5, 5.41) is 0. The maximum Gasteiger partial charge on any atom is 0.212 e. The standard InChI is InChI=1S/C20H19F4N3O/c1-12-25-19(28-11-13-4-5-14(21)8-16(13)22)6-7-27(12)20-17(23)9-15(26(2)3)10-18(20)24/h4-10,12H,11H2,1-3H3. The number of benzene rings is 2. The molecule has 1 aliphatic heterocycles. The van der Waals surface area contributed by atoms with Gasteiger partial charge >= 0.3 is 0 Å². The molecule has 0 N–H and O–H groups in total. The van der Waals surface area contributed by atoms with Crippen LogP contribution in [0.1, 0.15) is 12.5 Å². The highest BCUT2D eigenvalue weighted by Crippen LogP contribution is 2.31. The summed E-state index contributed by atoms with van der Waals surface area (Å²) < 4.78 is 61.0. The van der Waals surface area contributed by atoms with Crippen molar-refractivity contribution in [2.75, 3.05) is 23.9 Å². The summed E-state index contributed by atoms with van der Waals surface area (Å²) >= 11 is 0. The summed E-state index contributed by atoms with van der Waals surface area (Å²) in [6.07, 6.45) is 2.23. The molecule has 0 saturated heterocycles. The second kappa shape index (κ2) is 7.92. The number of ether oxygens (including phenoxy) is 1. The lowest BCUT2D eigenvalue weighted by atomic mass is 10.2. The van der Waals surface area contributed by atoms with Crippen molar-refractivity contribution in [3.63, 3.8) is 0 Å². The van der Waals surface area contributed by atoms with E-state index in [0.29, 0.717) is 5.69 Å². The fourth-order valence-corrected chi connectivity index (χ4v) is 2.75. The first kappa shape index (κ1) is 19.7. The molecule has 1 unspecified atom stereocenters. The lowest BCUT2D eigenvalue weighted by Crippen LogP contribution is -2.32. The third-order valence-electron chi connectivity index (χ3n) is 4.26. The molecule has 0 fully saturated rings. The normalized spacial score (nSPS) is 16.2. The summed E-state index contributed by atoms with van der Waals surface area (Å²) in [7, 11) is 3.38. The van der Waals surface area contributed by atoms with Gasteiger partial charge in [-0.15, -0.1) is 0 Å². The average Bonchev–Trinajstić information content (AvgIpc) is 2.61. The van der Waals surface area contributed by atoms with E-state index >= 15 is 0 Å². The quantitative estimate of drug-likeness (QED) is 0.711. The Labute approximate surface area is 160 Å². The molecule has 4 nitrogen and oxygen atoms in total. The molecule has 3 rings (SSSR count). The summed E-state index contributed by atoms with van der Waals surface area (Å²) in [6, 6.07) is 5.67. The molecule has 0 saturated carbocycles. The van der Waals surface area contributed by atoms with E-state index < -0.39 is 29.4 Å². The molecule has 28 heavy (non-hydrogen) atoms. The average molecular weight is 393 g/mol. The van der Waals surface area contributed by atoms with Crippen molar-refractivity contribution < 1.29 is 22.3 Å². The number of aliphatic imine (C=N–C) groups is 1. The Hall–Kier alpha value is -3.03. The van der Waals surface area contributed by atoms with E-state index in [-0.39, 0.29) is 23.8 Å². The minimum absolute atomic E-state index is 0.151. The molecular weight excluding hydrogens is 374 g/mol. The van der Waals surface area contributed by atoms with E-state index in [1.54, 1.807) is 25.9 Å². The van der Waals surface area contributed by atoms with E-state index in [1.165, 1.54) is 35.4 Å². The second-order valence-corrected chi connectivity index (χ2v) is 6.50. The van der Waals surface area contributed by atoms with Gasteiger partial charge in [-0.05, 0) is 31.2 Å². The van der Waals surface area contributed by atoms with Gasteiger partial charge in [-0.1, -0.05) is 0 Å². The first-order valence-corrected chi connectivity index (χ1v) is 8.53. The molecule has 148 valence electrons. The fraction of sp³-hybridized carbons (Fsp3) is 0.250. The number of nitrogens with zero attached hydrogens (tertiary/aromatic N) is 3. The first-order valence-electron chi connectivity index (χ1n) is 8.53. The third kappa shape index (κ3) is 4.11. The largest absolute Gasteiger partial charge is 0.473 e. The Morgan fingerprint density at radius 3 is 2.29 bits per heavy atom. The summed E-state index contributed by atoms with van der Waals surface area (Å²) in [5.74, 6) is -2.65. The van der Waals surface area contributed by atoms with Crippen molar-refractivity contribution in [3.8, 4) is 0 Å². The molecule has 0 bridgehead atoms. The van der Waals surface area contributed by atoms with Gasteiger partial charge < -0.3 is 14.5 Å². The molecule has 0 aromatic heterocycles. The fourth-order valence-electron chi connectivity index (χ4n) is 2.75. The minimum atomic E-state index is -0.722. The predicted molar refractivity (Wildman–Crippen MR) is 100 cm³/mol. The summed E-state index contributed by atoms with van der Waals surface area (Å²) in [4.78, 5) is 7.18. The smallest absolute Gasteiger partial charge is 0.212 e. The van der Waals surface area contributed by atoms with Crippen LogP contribution in [0.3, 0.4) is 0 Å². The number of hydrogen-bond donors (Lipinski definition) is 0. The Morgan fingerprint density at radius 1 is 1.04 bits per heavy atom. The van der Waals surface area contributed by atoms with E-state index in [0.717, 1.165) is 12.1 Å². The molecule has 0 aliphatic carbocycles. The van der Waals surface area contributed by atoms with Gasteiger partial charge in [-0.25, -0.2) is 22.6 Å². The van der Waals surface area contributed by atoms with Crippen molar-refractivity contribution in [1.82, 2.24) is 0 Å². The number of halogens is 4. The molecule has 0 amide bonds. The van der Waals surface area contributed by atoms with Gasteiger partial charge in [0.2, 0.25) is 5.90 Å². The van der Waals surface area contributed by atoms with Crippen molar-refractivity contribution in [2.45, 2.75) is 19.7 Å². The highest BCUT2D eigenvalue weighted by atomic mass is 19.1. The predicted octanol–water partition coefficient (Wildman–Crippen LogP) is 4.60. The zero-order chi connectivity index (χ0) is 20.4. The van der Waals surface area contributed by atoms with Crippen LogP contribution < -0.4 is 9.80 Å². The Kier molecular flexibility index (Phi) is 5.58. The summed E-state index contributed by atoms with van der Waals surface area (Å²) in [6.45, 7) is 1.49. The molecule has 1 aliphatic rings. The van der Waals surface area contributed by atoms with Crippen LogP contribution in [-0.4, -0.2) is 26.2 Å². The minimum Gasteiger partial charge on any atom is -0.473 e. The van der Waals surface area contributed by atoms with Crippen LogP contribution in [0.4, 0.5) is 28.9 Å². The van der Waals surface area contributed by atoms with Crippen LogP contribution in [0.25, 0.3) is 0 Å². The van der Waals surface area contributed by atoms with E-state index in [4.69, 9.17) is 4.74 Å². The highest BCUT2D eigenvalue weighted by molar-refractivity contribution is 5.89. The van der Waals surface area contributed by atoms with Gasteiger partial charge in [-0.3, -0.25) is 0 Å². The maximum atomic E-state index is 14.5. The molecule has 0 spiro atoms. The van der Waals surface area contributed by atoms with E-state index in [1.807, 2.05) is 0 Å². The van der Waals surface area contributed by atoms with Crippen LogP contribution in [-0.2, 0) is 11.3 Å². The lowest BCUT2D eigenvalue weighted by molar-refractivity contribution is 0.285. The molecule has 0 radical (unpaired) electrons. The van der Waals surface area contributed by atoms with Gasteiger partial charge in [0.25, 0.3) is 0 Å². The monoisotopic (exact) mass is 393 g/mol. The molecule has 2 aromatic carbocycles. The lowest BCUT2D eigenvalue weighted by Gasteiger charge is -2.29. The van der Waals surface area contributed by atoms with Gasteiger partial charge in [0, 0.05) is 43.7 Å². The van der Waals surface area contributed by atoms with Crippen molar-refractivity contribution in [2.24, 2.45) is 4.99 Å². The van der Waals surface area contributed by atoms with Gasteiger partial charge in [-0.2, -0.15) is 0 Å². The molecule has 2 aromatic rings. The number of anilines is 2. The molecule has 1 atom stereocenters. The van der Waals surface area contributed by atoms with Gasteiger partial charge in [0.1, 0.15) is 30.1 Å². The first-order chi connectivity index (χ1) is 13.3. The summed E-state index contributed by atoms with van der Waals surface area (Å²) in [5.41, 5.74) is 0.354. The van der Waals surface area contributed by atoms with Crippen LogP contribution in [0.2, 0.25) is 0 Å². The second-order valence-electron chi connectivity index (χ2n) is 6.50. The van der Waals surface area contributed by atoms with Gasteiger partial charge in [0.15, 0.2) is 11.6 Å². The van der Waals surface area contributed by atoms with Crippen molar-refractivity contribution in [3.05, 3.63) is 71.4 Å². The number of hydrogen-bond acceptors (Lipinski definition) is 4. The van der Waals surface area contributed by atoms with Crippen LogP contribution in [0, 0.1) is 23.3 Å². The Morgan fingerprint density at radius 2 is 1.71 bits per heavy atom. The van der Waals surface area contributed by atoms with Crippen LogP contribution >= 0.6 is 0 Å². The molecule has 1 heterocycles. The third-order valence-corrected chi connectivity index (χ3v) is 4.26. The van der Waals surface area contributed by atoms with Gasteiger partial charge in [0.05, 0.1) is 0 Å². The van der Waals surface area contributed by atoms with E-state index in [9.17, 15) is 17.6 Å². The van der Waals surface area contributed by atoms with Crippen LogP contribution in [0.5, 0.6) is 0 Å².